The van der Waals surface area contributed by atoms with Gasteiger partial charge in [-0.2, -0.15) is 0 Å². The summed E-state index contributed by atoms with van der Waals surface area (Å²) in [6.45, 7) is 6.51. The largest absolute Gasteiger partial charge is 0.486 e. The molecule has 0 aliphatic heterocycles. The Kier molecular flexibility index (Phi) is 9.83. The number of nitrogens with zero attached hydrogens (tertiary/aromatic N) is 4. The van der Waals surface area contributed by atoms with Gasteiger partial charge in [-0.05, 0) is 82.8 Å². The SMILES string of the molecule is Cc1ccc2c(n1)oc1c(-c3nc4ccc5c(c4n3-c3ccccc3C(C)C)C3c4ccccc4C5c4oc(-c5ccccc5)cc43)[c-]ccc12.[Ir].[c-]1ccccc1-c1ccccn1. The molecule has 6 nitrogen and oxygen atoms in total. The number of fused-ring (bicyclic) bond motifs is 4. The van der Waals surface area contributed by atoms with Crippen molar-refractivity contribution in [2.45, 2.75) is 38.5 Å². The maximum absolute atomic E-state index is 6.83. The van der Waals surface area contributed by atoms with Crippen molar-refractivity contribution in [2.24, 2.45) is 0 Å². The number of furan rings is 2. The van der Waals surface area contributed by atoms with E-state index >= 15 is 0 Å². The molecule has 0 saturated carbocycles. The molecule has 6 aromatic carbocycles. The zero-order valence-electron chi connectivity index (χ0n) is 35.3. The van der Waals surface area contributed by atoms with Crippen LogP contribution in [0.3, 0.4) is 0 Å². The molecule has 1 radical (unpaired) electrons. The Hall–Kier alpha value is -7.18. The average Bonchev–Trinajstić information content (AvgIpc) is 4.07. The first-order valence-corrected chi connectivity index (χ1v) is 21.5. The van der Waals surface area contributed by atoms with Crippen LogP contribution in [0.1, 0.15) is 76.4 Å². The van der Waals surface area contributed by atoms with Gasteiger partial charge >= 0.3 is 0 Å². The zero-order chi connectivity index (χ0) is 42.2. The first kappa shape index (κ1) is 39.7. The quantitative estimate of drug-likeness (QED) is 0.161. The molecule has 0 N–H and O–H groups in total. The van der Waals surface area contributed by atoms with Crippen LogP contribution in [0.5, 0.6) is 0 Å². The fraction of sp³-hybridized carbons (Fsp3) is 0.105. The number of rotatable bonds is 5. The second kappa shape index (κ2) is 15.9. The van der Waals surface area contributed by atoms with E-state index in [1.165, 1.54) is 33.4 Å². The normalized spacial score (nSPS) is 14.5. The molecule has 311 valence electrons. The van der Waals surface area contributed by atoms with Crippen LogP contribution in [0.2, 0.25) is 0 Å². The minimum absolute atomic E-state index is 0. The molecule has 64 heavy (non-hydrogen) atoms. The van der Waals surface area contributed by atoms with Crippen LogP contribution in [0.15, 0.2) is 179 Å². The van der Waals surface area contributed by atoms with Gasteiger partial charge in [0.15, 0.2) is 0 Å². The minimum Gasteiger partial charge on any atom is -0.486 e. The fourth-order valence-corrected chi connectivity index (χ4v) is 9.88. The van der Waals surface area contributed by atoms with Crippen LogP contribution >= 0.6 is 0 Å². The number of benzene rings is 6. The summed E-state index contributed by atoms with van der Waals surface area (Å²) >= 11 is 0. The van der Waals surface area contributed by atoms with Crippen molar-refractivity contribution in [3.63, 3.8) is 0 Å². The summed E-state index contributed by atoms with van der Waals surface area (Å²) in [6, 6.07) is 63.4. The number of aryl methyl sites for hydroxylation is 1. The van der Waals surface area contributed by atoms with Crippen LogP contribution in [0.25, 0.3) is 72.8 Å². The molecule has 5 heterocycles. The molecule has 2 unspecified atom stereocenters. The molecule has 3 aliphatic rings. The number of imidazole rings is 1. The van der Waals surface area contributed by atoms with E-state index in [2.05, 4.69) is 139 Å². The predicted octanol–water partition coefficient (Wildman–Crippen LogP) is 14.0. The Morgan fingerprint density at radius 1 is 0.641 bits per heavy atom. The molecular formula is C57H40IrN4O2-2. The number of hydrogen-bond donors (Lipinski definition) is 0. The topological polar surface area (TPSA) is 69.9 Å². The summed E-state index contributed by atoms with van der Waals surface area (Å²) in [4.78, 5) is 14.4. The molecule has 2 bridgehead atoms. The van der Waals surface area contributed by atoms with Crippen molar-refractivity contribution in [2.75, 3.05) is 0 Å². The average molecular weight is 1010 g/mol. The molecule has 11 aromatic rings. The standard InChI is InChI=1S/C46H32N3O2.C11H8N.Ir/c1-25(2)28-14-9-10-19-37(28)49-42-36(48-45(49)34-18-11-17-31-32-21-20-26(3)47-46(32)51-43(31)34)23-22-33-40-30-16-8-7-15-29(30)39(41(33)42)35-24-38(50-44(35)40)27-12-5-4-6-13-27;1-2-6-10(7-3-1)11-8-4-5-9-12-11;/h4-17,19-25,39-40H,1-3H3;1-6,8-9H;/q2*-1;. The van der Waals surface area contributed by atoms with Gasteiger partial charge < -0.3 is 18.4 Å². The maximum atomic E-state index is 6.83. The van der Waals surface area contributed by atoms with Crippen LogP contribution in [-0.4, -0.2) is 19.5 Å². The Morgan fingerprint density at radius 2 is 1.42 bits per heavy atom. The van der Waals surface area contributed by atoms with Gasteiger partial charge in [0.05, 0.1) is 28.4 Å². The van der Waals surface area contributed by atoms with Gasteiger partial charge in [0.2, 0.25) is 5.71 Å². The van der Waals surface area contributed by atoms with Gasteiger partial charge in [0.1, 0.15) is 11.5 Å². The van der Waals surface area contributed by atoms with Crippen LogP contribution < -0.4 is 0 Å². The second-order valence-corrected chi connectivity index (χ2v) is 16.7. The molecule has 0 amide bonds. The molecule has 0 spiro atoms. The molecule has 0 fully saturated rings. The monoisotopic (exact) mass is 1010 g/mol. The van der Waals surface area contributed by atoms with Crippen molar-refractivity contribution < 1.29 is 28.9 Å². The third-order valence-electron chi connectivity index (χ3n) is 12.6. The number of pyridine rings is 2. The van der Waals surface area contributed by atoms with E-state index < -0.39 is 0 Å². The van der Waals surface area contributed by atoms with Crippen molar-refractivity contribution in [1.82, 2.24) is 19.5 Å². The molecule has 5 aromatic heterocycles. The van der Waals surface area contributed by atoms with E-state index in [4.69, 9.17) is 18.8 Å². The summed E-state index contributed by atoms with van der Waals surface area (Å²) in [7, 11) is 0. The van der Waals surface area contributed by atoms with E-state index in [0.29, 0.717) is 5.71 Å². The molecule has 2 atom stereocenters. The van der Waals surface area contributed by atoms with Crippen molar-refractivity contribution in [3.05, 3.63) is 227 Å². The van der Waals surface area contributed by atoms with Gasteiger partial charge in [0, 0.05) is 60.1 Å². The molecular weight excluding hydrogens is 965 g/mol. The number of hydrogen-bond acceptors (Lipinski definition) is 5. The number of para-hydroxylation sites is 1. The Balaban J connectivity index is 0.000000305. The smallest absolute Gasteiger partial charge is 0.216 e. The summed E-state index contributed by atoms with van der Waals surface area (Å²) in [5.41, 5.74) is 17.1. The van der Waals surface area contributed by atoms with Gasteiger partial charge in [-0.15, -0.1) is 54.1 Å². The van der Waals surface area contributed by atoms with Gasteiger partial charge in [-0.25, -0.2) is 4.98 Å². The Bertz CT molecular complexity index is 3480. The van der Waals surface area contributed by atoms with Crippen LogP contribution in [0.4, 0.5) is 0 Å². The fourth-order valence-electron chi connectivity index (χ4n) is 9.88. The van der Waals surface area contributed by atoms with E-state index in [-0.39, 0.29) is 37.9 Å². The minimum atomic E-state index is -0.0233. The van der Waals surface area contributed by atoms with Crippen LogP contribution in [0, 0.1) is 19.1 Å². The zero-order valence-corrected chi connectivity index (χ0v) is 37.7. The second-order valence-electron chi connectivity index (χ2n) is 16.7. The Morgan fingerprint density at radius 3 is 2.22 bits per heavy atom. The molecule has 7 heteroatoms. The van der Waals surface area contributed by atoms with Crippen molar-refractivity contribution >= 4 is 33.1 Å². The van der Waals surface area contributed by atoms with Gasteiger partial charge in [-0.3, -0.25) is 4.98 Å². The molecule has 3 aliphatic carbocycles. The summed E-state index contributed by atoms with van der Waals surface area (Å²) in [6.07, 6.45) is 1.79. The third kappa shape index (κ3) is 6.30. The van der Waals surface area contributed by atoms with Gasteiger partial charge in [-0.1, -0.05) is 116 Å². The first-order valence-electron chi connectivity index (χ1n) is 21.5. The van der Waals surface area contributed by atoms with Crippen molar-refractivity contribution in [1.29, 1.82) is 0 Å². The third-order valence-corrected chi connectivity index (χ3v) is 12.6. The van der Waals surface area contributed by atoms with E-state index in [9.17, 15) is 0 Å². The Labute approximate surface area is 384 Å². The van der Waals surface area contributed by atoms with Crippen molar-refractivity contribution in [3.8, 4) is 39.7 Å². The molecule has 0 saturated heterocycles. The van der Waals surface area contributed by atoms with E-state index in [1.807, 2.05) is 67.6 Å². The van der Waals surface area contributed by atoms with E-state index in [0.717, 1.165) is 78.5 Å². The summed E-state index contributed by atoms with van der Waals surface area (Å²) in [5.74, 6) is 3.00. The number of aromatic nitrogens is 4. The maximum Gasteiger partial charge on any atom is 0.216 e. The predicted molar refractivity (Wildman–Crippen MR) is 250 cm³/mol. The molecule has 14 rings (SSSR count). The van der Waals surface area contributed by atoms with E-state index in [1.54, 1.807) is 6.20 Å². The first-order chi connectivity index (χ1) is 31.0. The summed E-state index contributed by atoms with van der Waals surface area (Å²) < 4.78 is 15.8. The van der Waals surface area contributed by atoms with Crippen LogP contribution in [-0.2, 0) is 20.1 Å². The van der Waals surface area contributed by atoms with Gasteiger partial charge in [0.25, 0.3) is 0 Å². The summed E-state index contributed by atoms with van der Waals surface area (Å²) in [5, 5.41) is 2.00.